The number of ether oxygens (including phenoxy) is 1. The Morgan fingerprint density at radius 2 is 1.88 bits per heavy atom. The van der Waals surface area contributed by atoms with Crippen molar-refractivity contribution in [2.75, 3.05) is 0 Å². The molecule has 3 N–H and O–H groups in total. The molecule has 0 aliphatic heterocycles. The minimum atomic E-state index is -0.476. The van der Waals surface area contributed by atoms with Gasteiger partial charge in [0.2, 0.25) is 0 Å². The van der Waals surface area contributed by atoms with E-state index in [4.69, 9.17) is 9.15 Å². The summed E-state index contributed by atoms with van der Waals surface area (Å²) >= 11 is 0. The zero-order chi connectivity index (χ0) is 18.1. The summed E-state index contributed by atoms with van der Waals surface area (Å²) < 4.78 is 10.3. The van der Waals surface area contributed by atoms with Crippen LogP contribution < -0.4 is 16.0 Å². The van der Waals surface area contributed by atoms with Crippen LogP contribution in [0, 0.1) is 5.41 Å². The van der Waals surface area contributed by atoms with Crippen LogP contribution >= 0.6 is 0 Å². The number of nitrogens with one attached hydrogen (secondary N) is 3. The third-order valence-corrected chi connectivity index (χ3v) is 4.68. The number of carbonyl (C=O) groups excluding carboxylic acids is 2. The van der Waals surface area contributed by atoms with Gasteiger partial charge < -0.3 is 25.1 Å². The smallest absolute Gasteiger partial charge is 0.407 e. The van der Waals surface area contributed by atoms with Crippen LogP contribution in [0.1, 0.15) is 52.2 Å². The van der Waals surface area contributed by atoms with Crippen LogP contribution in [0.15, 0.2) is 17.0 Å². The van der Waals surface area contributed by atoms with E-state index in [2.05, 4.69) is 20.9 Å². The van der Waals surface area contributed by atoms with Crippen LogP contribution in [0.25, 0.3) is 0 Å². The molecule has 138 valence electrons. The average molecular weight is 350 g/mol. The summed E-state index contributed by atoms with van der Waals surface area (Å²) in [5.74, 6) is 0.621. The number of amides is 3. The van der Waals surface area contributed by atoms with E-state index in [9.17, 15) is 9.59 Å². The molecular weight excluding hydrogens is 324 g/mol. The average Bonchev–Trinajstić information content (AvgIpc) is 2.91. The SMILES string of the molecule is CC(C)(C)OC(=O)NC1CC2(CC(NC(=O)NCc3cnco3)C2)C1. The first-order valence-corrected chi connectivity index (χ1v) is 8.64. The molecule has 25 heavy (non-hydrogen) atoms. The van der Waals surface area contributed by atoms with Gasteiger partial charge in [-0.25, -0.2) is 14.6 Å². The molecule has 3 amide bonds. The van der Waals surface area contributed by atoms with Crippen LogP contribution in [-0.2, 0) is 11.3 Å². The van der Waals surface area contributed by atoms with E-state index in [0.29, 0.717) is 12.3 Å². The number of rotatable bonds is 4. The van der Waals surface area contributed by atoms with Crippen molar-refractivity contribution in [2.24, 2.45) is 5.41 Å². The molecule has 0 unspecified atom stereocenters. The monoisotopic (exact) mass is 350 g/mol. The number of nitrogens with zero attached hydrogens (tertiary/aromatic N) is 1. The first-order chi connectivity index (χ1) is 11.7. The third-order valence-electron chi connectivity index (χ3n) is 4.68. The molecule has 0 radical (unpaired) electrons. The fourth-order valence-electron chi connectivity index (χ4n) is 3.72. The van der Waals surface area contributed by atoms with E-state index in [1.165, 1.54) is 6.39 Å². The molecule has 0 atom stereocenters. The molecule has 2 aliphatic carbocycles. The Morgan fingerprint density at radius 1 is 1.24 bits per heavy atom. The summed E-state index contributed by atoms with van der Waals surface area (Å²) in [7, 11) is 0. The Balaban J connectivity index is 1.30. The third kappa shape index (κ3) is 4.64. The van der Waals surface area contributed by atoms with E-state index in [-0.39, 0.29) is 29.6 Å². The highest BCUT2D eigenvalue weighted by atomic mass is 16.6. The lowest BCUT2D eigenvalue weighted by Crippen LogP contribution is -2.62. The van der Waals surface area contributed by atoms with Crippen molar-refractivity contribution >= 4 is 12.1 Å². The minimum Gasteiger partial charge on any atom is -0.447 e. The van der Waals surface area contributed by atoms with Gasteiger partial charge in [-0.1, -0.05) is 0 Å². The Bertz CT molecular complexity index is 609. The lowest BCUT2D eigenvalue weighted by molar-refractivity contribution is -0.0295. The number of alkyl carbamates (subject to hydrolysis) is 1. The molecule has 1 aromatic heterocycles. The zero-order valence-electron chi connectivity index (χ0n) is 14.9. The number of carbonyl (C=O) groups is 2. The van der Waals surface area contributed by atoms with Crippen molar-refractivity contribution in [3.8, 4) is 0 Å². The van der Waals surface area contributed by atoms with Crippen molar-refractivity contribution in [1.29, 1.82) is 0 Å². The lowest BCUT2D eigenvalue weighted by Gasteiger charge is -2.57. The molecule has 1 heterocycles. The summed E-state index contributed by atoms with van der Waals surface area (Å²) in [4.78, 5) is 27.4. The second-order valence-corrected chi connectivity index (χ2v) is 8.15. The van der Waals surface area contributed by atoms with Gasteiger partial charge in [0.1, 0.15) is 11.4 Å². The van der Waals surface area contributed by atoms with E-state index in [1.54, 1.807) is 6.20 Å². The predicted molar refractivity (Wildman–Crippen MR) is 89.7 cm³/mol. The van der Waals surface area contributed by atoms with Crippen molar-refractivity contribution in [3.63, 3.8) is 0 Å². The van der Waals surface area contributed by atoms with Gasteiger partial charge in [-0.05, 0) is 51.9 Å². The highest BCUT2D eigenvalue weighted by molar-refractivity contribution is 5.74. The Kier molecular flexibility index (Phi) is 4.62. The van der Waals surface area contributed by atoms with Crippen molar-refractivity contribution in [1.82, 2.24) is 20.9 Å². The molecule has 0 bridgehead atoms. The van der Waals surface area contributed by atoms with Crippen molar-refractivity contribution in [3.05, 3.63) is 18.4 Å². The van der Waals surface area contributed by atoms with Gasteiger partial charge in [0.05, 0.1) is 12.7 Å². The number of aromatic nitrogens is 1. The maximum atomic E-state index is 11.8. The molecule has 8 nitrogen and oxygen atoms in total. The Morgan fingerprint density at radius 3 is 2.44 bits per heavy atom. The molecule has 0 saturated heterocycles. The number of hydrogen-bond acceptors (Lipinski definition) is 5. The molecule has 2 fully saturated rings. The van der Waals surface area contributed by atoms with Crippen molar-refractivity contribution in [2.45, 2.75) is 70.7 Å². The number of oxazole rings is 1. The van der Waals surface area contributed by atoms with Crippen LogP contribution in [0.3, 0.4) is 0 Å². The van der Waals surface area contributed by atoms with Gasteiger partial charge >= 0.3 is 12.1 Å². The topological polar surface area (TPSA) is 105 Å². The van der Waals surface area contributed by atoms with Gasteiger partial charge in [0.15, 0.2) is 6.39 Å². The summed E-state index contributed by atoms with van der Waals surface area (Å²) in [5.41, 5.74) is -0.210. The first-order valence-electron chi connectivity index (χ1n) is 8.64. The molecule has 2 aliphatic rings. The molecule has 2 saturated carbocycles. The highest BCUT2D eigenvalue weighted by Gasteiger charge is 2.53. The second-order valence-electron chi connectivity index (χ2n) is 8.15. The van der Waals surface area contributed by atoms with Gasteiger partial charge in [-0.3, -0.25) is 0 Å². The summed E-state index contributed by atoms with van der Waals surface area (Å²) in [6.07, 6.45) is 6.36. The molecule has 8 heteroatoms. The fourth-order valence-corrected chi connectivity index (χ4v) is 3.72. The van der Waals surface area contributed by atoms with Crippen LogP contribution in [-0.4, -0.2) is 34.8 Å². The summed E-state index contributed by atoms with van der Waals surface area (Å²) in [5, 5.41) is 8.62. The van der Waals surface area contributed by atoms with Gasteiger partial charge in [-0.15, -0.1) is 0 Å². The van der Waals surface area contributed by atoms with Crippen molar-refractivity contribution < 1.29 is 18.7 Å². The van der Waals surface area contributed by atoms with E-state index in [0.717, 1.165) is 25.7 Å². The number of urea groups is 1. The van der Waals surface area contributed by atoms with E-state index in [1.807, 2.05) is 20.8 Å². The Hall–Kier alpha value is -2.25. The van der Waals surface area contributed by atoms with Crippen LogP contribution in [0.4, 0.5) is 9.59 Å². The van der Waals surface area contributed by atoms with E-state index >= 15 is 0 Å². The van der Waals surface area contributed by atoms with Crippen LogP contribution in [0.2, 0.25) is 0 Å². The minimum absolute atomic E-state index is 0.177. The molecule has 1 aromatic rings. The molecule has 3 rings (SSSR count). The maximum absolute atomic E-state index is 11.8. The molecular formula is C17H26N4O4. The zero-order valence-corrected chi connectivity index (χ0v) is 14.9. The largest absolute Gasteiger partial charge is 0.447 e. The normalized spacial score (nSPS) is 27.8. The standard InChI is InChI=1S/C17H26N4O4/c1-16(2,3)25-15(23)21-12-6-17(7-12)4-11(5-17)20-14(22)19-9-13-8-18-10-24-13/h8,10-12H,4-7,9H2,1-3H3,(H,21,23)(H2,19,20,22). The lowest BCUT2D eigenvalue weighted by atomic mass is 9.52. The van der Waals surface area contributed by atoms with Gasteiger partial charge in [-0.2, -0.15) is 0 Å². The highest BCUT2D eigenvalue weighted by Crippen LogP contribution is 2.55. The summed E-state index contributed by atoms with van der Waals surface area (Å²) in [6, 6.07) is 0.173. The Labute approximate surface area is 147 Å². The molecule has 1 spiro atoms. The maximum Gasteiger partial charge on any atom is 0.407 e. The fraction of sp³-hybridized carbons (Fsp3) is 0.706. The summed E-state index contributed by atoms with van der Waals surface area (Å²) in [6.45, 7) is 5.88. The predicted octanol–water partition coefficient (Wildman–Crippen LogP) is 2.31. The second kappa shape index (κ2) is 6.57. The van der Waals surface area contributed by atoms with Gasteiger partial charge in [0, 0.05) is 12.1 Å². The number of hydrogen-bond donors (Lipinski definition) is 3. The molecule has 0 aromatic carbocycles. The van der Waals surface area contributed by atoms with E-state index < -0.39 is 5.60 Å². The van der Waals surface area contributed by atoms with Gasteiger partial charge in [0.25, 0.3) is 0 Å². The first kappa shape index (κ1) is 17.6. The van der Waals surface area contributed by atoms with Crippen LogP contribution in [0.5, 0.6) is 0 Å². The quantitative estimate of drug-likeness (QED) is 0.773.